The largest absolute Gasteiger partial charge is 0.486 e. The van der Waals surface area contributed by atoms with Crippen LogP contribution in [0.4, 0.5) is 5.69 Å². The molecule has 158 valence electrons. The molecule has 0 spiro atoms. The van der Waals surface area contributed by atoms with E-state index in [2.05, 4.69) is 0 Å². The number of fused-ring (bicyclic) bond motifs is 1. The average Bonchev–Trinajstić information content (AvgIpc) is 3.15. The topological polar surface area (TPSA) is 89.7 Å². The van der Waals surface area contributed by atoms with Crippen molar-refractivity contribution in [3.63, 3.8) is 0 Å². The number of anilines is 1. The molecule has 0 saturated carbocycles. The van der Waals surface area contributed by atoms with E-state index in [-0.39, 0.29) is 33.7 Å². The lowest BCUT2D eigenvalue weighted by molar-refractivity contribution is -0.117. The summed E-state index contributed by atoms with van der Waals surface area (Å²) in [7, 11) is 0. The van der Waals surface area contributed by atoms with Crippen molar-refractivity contribution in [2.75, 3.05) is 4.90 Å². The molecular formula is C22H16Cl2N2O4S. The second-order valence-electron chi connectivity index (χ2n) is 6.94. The Morgan fingerprint density at radius 2 is 1.90 bits per heavy atom. The number of amides is 3. The summed E-state index contributed by atoms with van der Waals surface area (Å²) in [5.41, 5.74) is 6.99. The molecule has 3 aromatic rings. The maximum Gasteiger partial charge on any atom is 0.267 e. The number of nitrogens with two attached hydrogens (primary N) is 1. The zero-order chi connectivity index (χ0) is 22.3. The Labute approximate surface area is 192 Å². The monoisotopic (exact) mass is 474 g/mol. The number of benzene rings is 2. The Kier molecular flexibility index (Phi) is 5.75. The number of nitrogens with zero attached hydrogens (tertiary/aromatic N) is 1. The van der Waals surface area contributed by atoms with Crippen LogP contribution in [-0.4, -0.2) is 17.7 Å². The van der Waals surface area contributed by atoms with Crippen molar-refractivity contribution >= 4 is 57.9 Å². The molecule has 0 aliphatic carbocycles. The van der Waals surface area contributed by atoms with Crippen molar-refractivity contribution in [1.82, 2.24) is 0 Å². The normalized spacial score (nSPS) is 14.4. The molecule has 0 saturated heterocycles. The van der Waals surface area contributed by atoms with Gasteiger partial charge in [0.1, 0.15) is 16.7 Å². The third-order valence-electron chi connectivity index (χ3n) is 4.91. The number of carbonyl (C=O) groups is 3. The minimum absolute atomic E-state index is 0.0394. The summed E-state index contributed by atoms with van der Waals surface area (Å²) in [6, 6.07) is 12.0. The first-order valence-corrected chi connectivity index (χ1v) is 10.9. The summed E-state index contributed by atoms with van der Waals surface area (Å²) < 4.78 is 5.99. The van der Waals surface area contributed by atoms with Crippen LogP contribution in [0.25, 0.3) is 0 Å². The molecule has 1 unspecified atom stereocenters. The van der Waals surface area contributed by atoms with Crippen LogP contribution in [0.3, 0.4) is 0 Å². The Balaban J connectivity index is 1.69. The van der Waals surface area contributed by atoms with Crippen molar-refractivity contribution in [2.24, 2.45) is 5.73 Å². The number of imide groups is 1. The molecule has 2 aromatic carbocycles. The lowest BCUT2D eigenvalue weighted by Gasteiger charge is -2.27. The summed E-state index contributed by atoms with van der Waals surface area (Å²) >= 11 is 13.6. The van der Waals surface area contributed by atoms with E-state index < -0.39 is 17.7 Å². The second kappa shape index (κ2) is 8.34. The average molecular weight is 475 g/mol. The summed E-state index contributed by atoms with van der Waals surface area (Å²) in [6.45, 7) is 1.84. The van der Waals surface area contributed by atoms with E-state index in [1.165, 1.54) is 6.07 Å². The fourth-order valence-electron chi connectivity index (χ4n) is 3.46. The molecule has 31 heavy (non-hydrogen) atoms. The van der Waals surface area contributed by atoms with Gasteiger partial charge < -0.3 is 10.5 Å². The van der Waals surface area contributed by atoms with Crippen molar-refractivity contribution in [3.05, 3.63) is 79.5 Å². The highest BCUT2D eigenvalue weighted by molar-refractivity contribution is 7.12. The molecule has 1 aliphatic heterocycles. The van der Waals surface area contributed by atoms with E-state index >= 15 is 0 Å². The van der Waals surface area contributed by atoms with Crippen LogP contribution in [0.1, 0.15) is 44.2 Å². The minimum atomic E-state index is -0.717. The SMILES string of the molecule is CC(Oc1ccc(Cl)c(N2C(=O)Cc3csc(C(N)=O)c3C2=O)c1)c1ccccc1Cl. The number of halogens is 2. The van der Waals surface area contributed by atoms with Gasteiger partial charge in [0.2, 0.25) is 5.91 Å². The summed E-state index contributed by atoms with van der Waals surface area (Å²) in [6.07, 6.45) is -0.428. The molecule has 9 heteroatoms. The third-order valence-corrected chi connectivity index (χ3v) is 6.62. The molecular weight excluding hydrogens is 459 g/mol. The number of rotatable bonds is 5. The summed E-state index contributed by atoms with van der Waals surface area (Å²) in [5.74, 6) is -1.41. The Bertz CT molecular complexity index is 1220. The fraction of sp³-hybridized carbons (Fsp3) is 0.136. The smallest absolute Gasteiger partial charge is 0.267 e. The number of ether oxygens (including phenoxy) is 1. The molecule has 1 atom stereocenters. The van der Waals surface area contributed by atoms with Crippen molar-refractivity contribution in [2.45, 2.75) is 19.4 Å². The van der Waals surface area contributed by atoms with Gasteiger partial charge in [0.25, 0.3) is 11.8 Å². The van der Waals surface area contributed by atoms with Gasteiger partial charge in [-0.3, -0.25) is 14.4 Å². The molecule has 0 radical (unpaired) electrons. The van der Waals surface area contributed by atoms with Crippen molar-refractivity contribution in [3.8, 4) is 5.75 Å². The maximum atomic E-state index is 13.2. The highest BCUT2D eigenvalue weighted by atomic mass is 35.5. The van der Waals surface area contributed by atoms with Gasteiger partial charge in [0.05, 0.1) is 22.7 Å². The minimum Gasteiger partial charge on any atom is -0.486 e. The Morgan fingerprint density at radius 3 is 2.61 bits per heavy atom. The van der Waals surface area contributed by atoms with E-state index in [4.69, 9.17) is 33.7 Å². The van der Waals surface area contributed by atoms with Gasteiger partial charge in [-0.05, 0) is 36.1 Å². The Hall–Kier alpha value is -2.87. The highest BCUT2D eigenvalue weighted by Gasteiger charge is 2.37. The molecule has 1 aromatic heterocycles. The van der Waals surface area contributed by atoms with Crippen molar-refractivity contribution in [1.29, 1.82) is 0 Å². The number of hydrogen-bond donors (Lipinski definition) is 1. The first kappa shape index (κ1) is 21.4. The number of primary amides is 1. The second-order valence-corrected chi connectivity index (χ2v) is 8.63. The highest BCUT2D eigenvalue weighted by Crippen LogP contribution is 2.37. The molecule has 2 N–H and O–H groups in total. The van der Waals surface area contributed by atoms with E-state index in [0.29, 0.717) is 16.3 Å². The van der Waals surface area contributed by atoms with Gasteiger partial charge in [0.15, 0.2) is 0 Å². The van der Waals surface area contributed by atoms with Crippen LogP contribution in [-0.2, 0) is 11.2 Å². The van der Waals surface area contributed by atoms with E-state index in [0.717, 1.165) is 21.8 Å². The van der Waals surface area contributed by atoms with Crippen LogP contribution >= 0.6 is 34.5 Å². The van der Waals surface area contributed by atoms with E-state index in [9.17, 15) is 14.4 Å². The van der Waals surface area contributed by atoms with Gasteiger partial charge in [0, 0.05) is 16.7 Å². The van der Waals surface area contributed by atoms with Gasteiger partial charge in [-0.2, -0.15) is 0 Å². The van der Waals surface area contributed by atoms with Gasteiger partial charge in [-0.15, -0.1) is 11.3 Å². The quantitative estimate of drug-likeness (QED) is 0.525. The zero-order valence-corrected chi connectivity index (χ0v) is 18.6. The fourth-order valence-corrected chi connectivity index (χ4v) is 4.87. The molecule has 0 fully saturated rings. The number of hydrogen-bond acceptors (Lipinski definition) is 5. The maximum absolute atomic E-state index is 13.2. The summed E-state index contributed by atoms with van der Waals surface area (Å²) in [4.78, 5) is 38.7. The lowest BCUT2D eigenvalue weighted by atomic mass is 10.0. The van der Waals surface area contributed by atoms with Crippen LogP contribution in [0, 0.1) is 0 Å². The predicted molar refractivity (Wildman–Crippen MR) is 120 cm³/mol. The lowest BCUT2D eigenvalue weighted by Crippen LogP contribution is -2.43. The van der Waals surface area contributed by atoms with E-state index in [1.807, 2.05) is 25.1 Å². The van der Waals surface area contributed by atoms with Gasteiger partial charge >= 0.3 is 0 Å². The van der Waals surface area contributed by atoms with Gasteiger partial charge in [-0.1, -0.05) is 41.4 Å². The number of thiophene rings is 1. The van der Waals surface area contributed by atoms with Crippen LogP contribution in [0.2, 0.25) is 10.0 Å². The summed E-state index contributed by atoms with van der Waals surface area (Å²) in [5, 5.41) is 2.36. The first-order valence-electron chi connectivity index (χ1n) is 9.26. The standard InChI is InChI=1S/C22H16Cl2N2O4S/c1-11(14-4-2-3-5-15(14)23)30-13-6-7-16(24)17(9-13)26-18(27)8-12-10-31-20(21(25)28)19(12)22(26)29/h2-7,9-11H,8H2,1H3,(H2,25,28). The predicted octanol–water partition coefficient (Wildman–Crippen LogP) is 5.02. The molecule has 1 aliphatic rings. The molecule has 0 bridgehead atoms. The van der Waals surface area contributed by atoms with Crippen LogP contribution in [0.5, 0.6) is 5.75 Å². The third kappa shape index (κ3) is 3.92. The van der Waals surface area contributed by atoms with Crippen molar-refractivity contribution < 1.29 is 19.1 Å². The molecule has 4 rings (SSSR count). The van der Waals surface area contributed by atoms with Crippen LogP contribution < -0.4 is 15.4 Å². The molecule has 2 heterocycles. The zero-order valence-electron chi connectivity index (χ0n) is 16.2. The number of carbonyl (C=O) groups excluding carboxylic acids is 3. The molecule has 3 amide bonds. The first-order chi connectivity index (χ1) is 14.8. The molecule has 6 nitrogen and oxygen atoms in total. The van der Waals surface area contributed by atoms with E-state index in [1.54, 1.807) is 23.6 Å². The Morgan fingerprint density at radius 1 is 1.16 bits per heavy atom. The van der Waals surface area contributed by atoms with Crippen LogP contribution in [0.15, 0.2) is 47.8 Å². The van der Waals surface area contributed by atoms with Gasteiger partial charge in [-0.25, -0.2) is 4.90 Å².